The summed E-state index contributed by atoms with van der Waals surface area (Å²) in [6.45, 7) is 10.1. The van der Waals surface area contributed by atoms with E-state index in [9.17, 15) is 0 Å². The van der Waals surface area contributed by atoms with E-state index in [0.717, 1.165) is 19.6 Å². The first-order chi connectivity index (χ1) is 11.8. The van der Waals surface area contributed by atoms with Crippen molar-refractivity contribution in [1.29, 1.82) is 0 Å². The molecule has 1 N–H and O–H groups in total. The molecule has 24 heavy (non-hydrogen) atoms. The van der Waals surface area contributed by atoms with Crippen molar-refractivity contribution in [3.8, 4) is 0 Å². The Balaban J connectivity index is 2.38. The molecule has 0 spiro atoms. The molecule has 2 aromatic rings. The molecule has 0 aromatic heterocycles. The number of unbranched alkanes of at least 4 members (excludes halogenated alkanes) is 3. The molecule has 0 heterocycles. The molecule has 0 radical (unpaired) electrons. The fourth-order valence-electron chi connectivity index (χ4n) is 3.18. The molecule has 0 fully saturated rings. The minimum absolute atomic E-state index is 1.05. The van der Waals surface area contributed by atoms with Crippen molar-refractivity contribution in [2.45, 2.75) is 59.3 Å². The van der Waals surface area contributed by atoms with Crippen LogP contribution in [-0.2, 0) is 0 Å². The zero-order valence-electron chi connectivity index (χ0n) is 15.8. The Morgan fingerprint density at radius 1 is 0.792 bits per heavy atom. The predicted octanol–water partition coefficient (Wildman–Crippen LogP) is 6.46. The Morgan fingerprint density at radius 3 is 2.04 bits per heavy atom. The minimum Gasteiger partial charge on any atom is -0.384 e. The summed E-state index contributed by atoms with van der Waals surface area (Å²) in [7, 11) is 0. The van der Waals surface area contributed by atoms with Crippen molar-refractivity contribution in [3.63, 3.8) is 0 Å². The fourth-order valence-corrected chi connectivity index (χ4v) is 3.18. The van der Waals surface area contributed by atoms with Gasteiger partial charge in [-0.1, -0.05) is 64.3 Å². The van der Waals surface area contributed by atoms with Crippen molar-refractivity contribution in [2.75, 3.05) is 29.9 Å². The molecule has 0 aliphatic carbocycles. The van der Waals surface area contributed by atoms with Gasteiger partial charge in [0, 0.05) is 36.4 Å². The lowest BCUT2D eigenvalue weighted by atomic mass is 10.0. The lowest BCUT2D eigenvalue weighted by molar-refractivity contribution is 0.679. The number of nitrogens with one attached hydrogen (secondary N) is 1. The molecule has 2 heteroatoms. The summed E-state index contributed by atoms with van der Waals surface area (Å²) in [4.78, 5) is 2.60. The standard InChI is InChI=1S/C22H34N2/c1-4-7-16-23-20-14-10-12-19-13-11-15-21(22(19)20)24(17-8-5-2)18-9-6-3/h10-15,23H,4-9,16-18H2,1-3H3. The quantitative estimate of drug-likeness (QED) is 0.477. The van der Waals surface area contributed by atoms with Crippen LogP contribution in [0.25, 0.3) is 10.8 Å². The summed E-state index contributed by atoms with van der Waals surface area (Å²) in [6, 6.07) is 13.4. The summed E-state index contributed by atoms with van der Waals surface area (Å²) >= 11 is 0. The van der Waals surface area contributed by atoms with Gasteiger partial charge < -0.3 is 10.2 Å². The molecule has 0 unspecified atom stereocenters. The number of hydrogen-bond donors (Lipinski definition) is 1. The van der Waals surface area contributed by atoms with Gasteiger partial charge in [-0.05, 0) is 36.8 Å². The molecule has 0 bridgehead atoms. The van der Waals surface area contributed by atoms with Crippen LogP contribution in [0.15, 0.2) is 36.4 Å². The molecule has 0 aliphatic rings. The fraction of sp³-hybridized carbons (Fsp3) is 0.545. The SMILES string of the molecule is CCCCNc1cccc2cccc(N(CCCC)CCCC)c12. The summed E-state index contributed by atoms with van der Waals surface area (Å²) < 4.78 is 0. The van der Waals surface area contributed by atoms with Crippen LogP contribution in [-0.4, -0.2) is 19.6 Å². The smallest absolute Gasteiger partial charge is 0.0466 e. The van der Waals surface area contributed by atoms with Crippen molar-refractivity contribution in [2.24, 2.45) is 0 Å². The Hall–Kier alpha value is -1.70. The van der Waals surface area contributed by atoms with E-state index in [1.807, 2.05) is 0 Å². The number of benzene rings is 2. The van der Waals surface area contributed by atoms with Gasteiger partial charge in [0.1, 0.15) is 0 Å². The third-order valence-electron chi connectivity index (χ3n) is 4.63. The van der Waals surface area contributed by atoms with Gasteiger partial charge in [0.25, 0.3) is 0 Å². The van der Waals surface area contributed by atoms with E-state index in [1.54, 1.807) is 0 Å². The number of rotatable bonds is 11. The highest BCUT2D eigenvalue weighted by Crippen LogP contribution is 2.33. The molecule has 0 amide bonds. The van der Waals surface area contributed by atoms with Crippen LogP contribution in [0.4, 0.5) is 11.4 Å². The van der Waals surface area contributed by atoms with Crippen molar-refractivity contribution in [3.05, 3.63) is 36.4 Å². The molecule has 0 atom stereocenters. The van der Waals surface area contributed by atoms with Gasteiger partial charge in [0.2, 0.25) is 0 Å². The Bertz CT molecular complexity index is 593. The van der Waals surface area contributed by atoms with Crippen LogP contribution in [0.2, 0.25) is 0 Å². The molecule has 2 rings (SSSR count). The van der Waals surface area contributed by atoms with Gasteiger partial charge >= 0.3 is 0 Å². The van der Waals surface area contributed by atoms with Gasteiger partial charge in [-0.15, -0.1) is 0 Å². The highest BCUT2D eigenvalue weighted by Gasteiger charge is 2.12. The molecule has 0 saturated heterocycles. The Labute approximate surface area is 148 Å². The first kappa shape index (κ1) is 18.6. The predicted molar refractivity (Wildman–Crippen MR) is 109 cm³/mol. The highest BCUT2D eigenvalue weighted by atomic mass is 15.1. The highest BCUT2D eigenvalue weighted by molar-refractivity contribution is 6.03. The first-order valence-corrected chi connectivity index (χ1v) is 9.82. The number of fused-ring (bicyclic) bond motifs is 1. The molecular formula is C22H34N2. The normalized spacial score (nSPS) is 11.0. The van der Waals surface area contributed by atoms with Crippen molar-refractivity contribution in [1.82, 2.24) is 0 Å². The average molecular weight is 327 g/mol. The summed E-state index contributed by atoms with van der Waals surface area (Å²) in [5.41, 5.74) is 2.68. The lowest BCUT2D eigenvalue weighted by Gasteiger charge is -2.27. The maximum Gasteiger partial charge on any atom is 0.0466 e. The summed E-state index contributed by atoms with van der Waals surface area (Å²) in [5.74, 6) is 0. The van der Waals surface area contributed by atoms with Crippen molar-refractivity contribution < 1.29 is 0 Å². The third-order valence-corrected chi connectivity index (χ3v) is 4.63. The van der Waals surface area contributed by atoms with Crippen LogP contribution in [0.3, 0.4) is 0 Å². The second-order valence-corrected chi connectivity index (χ2v) is 6.66. The summed E-state index contributed by atoms with van der Waals surface area (Å²) in [6.07, 6.45) is 7.44. The zero-order chi connectivity index (χ0) is 17.2. The first-order valence-electron chi connectivity index (χ1n) is 9.82. The Kier molecular flexibility index (Phi) is 7.94. The summed E-state index contributed by atoms with van der Waals surface area (Å²) in [5, 5.41) is 6.40. The topological polar surface area (TPSA) is 15.3 Å². The van der Waals surface area contributed by atoms with E-state index >= 15 is 0 Å². The maximum atomic E-state index is 3.67. The molecule has 132 valence electrons. The largest absolute Gasteiger partial charge is 0.384 e. The number of hydrogen-bond acceptors (Lipinski definition) is 2. The van der Waals surface area contributed by atoms with E-state index < -0.39 is 0 Å². The van der Waals surface area contributed by atoms with Gasteiger partial charge in [-0.25, -0.2) is 0 Å². The number of nitrogens with zero attached hydrogens (tertiary/aromatic N) is 1. The molecule has 0 saturated carbocycles. The molecule has 0 aliphatic heterocycles. The van der Waals surface area contributed by atoms with Gasteiger partial charge in [0.15, 0.2) is 0 Å². The maximum absolute atomic E-state index is 3.67. The molecule has 2 nitrogen and oxygen atoms in total. The average Bonchev–Trinajstić information content (AvgIpc) is 2.62. The van der Waals surface area contributed by atoms with E-state index in [-0.39, 0.29) is 0 Å². The minimum atomic E-state index is 1.05. The van der Waals surface area contributed by atoms with Gasteiger partial charge in [0.05, 0.1) is 0 Å². The van der Waals surface area contributed by atoms with Crippen LogP contribution < -0.4 is 10.2 Å². The Morgan fingerprint density at radius 2 is 1.42 bits per heavy atom. The van der Waals surface area contributed by atoms with E-state index in [0.29, 0.717) is 0 Å². The van der Waals surface area contributed by atoms with Crippen LogP contribution in [0.5, 0.6) is 0 Å². The van der Waals surface area contributed by atoms with E-state index in [2.05, 4.69) is 67.4 Å². The second-order valence-electron chi connectivity index (χ2n) is 6.66. The van der Waals surface area contributed by atoms with Crippen LogP contribution in [0.1, 0.15) is 59.3 Å². The van der Waals surface area contributed by atoms with Gasteiger partial charge in [-0.2, -0.15) is 0 Å². The van der Waals surface area contributed by atoms with Crippen LogP contribution >= 0.6 is 0 Å². The molecular weight excluding hydrogens is 292 g/mol. The lowest BCUT2D eigenvalue weighted by Crippen LogP contribution is -2.26. The zero-order valence-corrected chi connectivity index (χ0v) is 15.8. The van der Waals surface area contributed by atoms with E-state index in [1.165, 1.54) is 60.7 Å². The second kappa shape index (κ2) is 10.2. The van der Waals surface area contributed by atoms with E-state index in [4.69, 9.17) is 0 Å². The van der Waals surface area contributed by atoms with Crippen LogP contribution in [0, 0.1) is 0 Å². The monoisotopic (exact) mass is 326 g/mol. The van der Waals surface area contributed by atoms with Crippen molar-refractivity contribution >= 4 is 22.1 Å². The molecule has 2 aromatic carbocycles. The van der Waals surface area contributed by atoms with Gasteiger partial charge in [-0.3, -0.25) is 0 Å². The number of anilines is 2. The third kappa shape index (κ3) is 4.90.